The van der Waals surface area contributed by atoms with E-state index in [-0.39, 0.29) is 0 Å². The molecule has 0 aliphatic carbocycles. The zero-order valence-electron chi connectivity index (χ0n) is 12.9. The number of halogens is 2. The highest BCUT2D eigenvalue weighted by atomic mass is 19.3. The van der Waals surface area contributed by atoms with Crippen molar-refractivity contribution in [2.45, 2.75) is 51.5 Å². The van der Waals surface area contributed by atoms with Crippen LogP contribution in [0.15, 0.2) is 30.3 Å². The number of benzene rings is 1. The van der Waals surface area contributed by atoms with Crippen molar-refractivity contribution in [3.8, 4) is 0 Å². The van der Waals surface area contributed by atoms with Crippen LogP contribution in [0.4, 0.5) is 8.78 Å². The van der Waals surface area contributed by atoms with Gasteiger partial charge in [0.05, 0.1) is 0 Å². The van der Waals surface area contributed by atoms with E-state index < -0.39 is 13.0 Å². The maximum atomic E-state index is 12.0. The van der Waals surface area contributed by atoms with Gasteiger partial charge in [0.2, 0.25) is 0 Å². The Bertz CT molecular complexity index is 346. The topological polar surface area (TPSA) is 21.3 Å². The monoisotopic (exact) mass is 299 g/mol. The molecule has 0 aliphatic heterocycles. The number of hydrogen-bond donors (Lipinski definition) is 1. The summed E-state index contributed by atoms with van der Waals surface area (Å²) in [5.74, 6) is 0. The Kier molecular flexibility index (Phi) is 10.0. The number of hydrogen-bond acceptors (Lipinski definition) is 2. The fourth-order valence-corrected chi connectivity index (χ4v) is 2.29. The lowest BCUT2D eigenvalue weighted by Gasteiger charge is -2.18. The van der Waals surface area contributed by atoms with Gasteiger partial charge in [-0.05, 0) is 44.2 Å². The molecule has 2 nitrogen and oxygen atoms in total. The molecule has 0 aromatic heterocycles. The highest BCUT2D eigenvalue weighted by Crippen LogP contribution is 2.09. The molecule has 1 N–H and O–H groups in total. The molecule has 1 atom stereocenters. The van der Waals surface area contributed by atoms with Gasteiger partial charge in [0.25, 0.3) is 6.43 Å². The molecule has 0 fully saturated rings. The third-order valence-corrected chi connectivity index (χ3v) is 3.40. The molecule has 0 radical (unpaired) electrons. The van der Waals surface area contributed by atoms with Gasteiger partial charge in [-0.1, -0.05) is 37.3 Å². The third kappa shape index (κ3) is 9.53. The van der Waals surface area contributed by atoms with Gasteiger partial charge >= 0.3 is 0 Å². The summed E-state index contributed by atoms with van der Waals surface area (Å²) in [6.07, 6.45) is 2.70. The van der Waals surface area contributed by atoms with Gasteiger partial charge in [-0.3, -0.25) is 0 Å². The van der Waals surface area contributed by atoms with Crippen molar-refractivity contribution in [3.05, 3.63) is 35.9 Å². The van der Waals surface area contributed by atoms with Crippen LogP contribution in [0.25, 0.3) is 0 Å². The van der Waals surface area contributed by atoms with Crippen LogP contribution in [0, 0.1) is 0 Å². The first-order valence-electron chi connectivity index (χ1n) is 7.85. The van der Waals surface area contributed by atoms with Crippen LogP contribution in [-0.2, 0) is 11.2 Å². The van der Waals surface area contributed by atoms with E-state index in [1.807, 2.05) is 6.07 Å². The van der Waals surface area contributed by atoms with Gasteiger partial charge in [0.15, 0.2) is 0 Å². The summed E-state index contributed by atoms with van der Waals surface area (Å²) in [5.41, 5.74) is 1.35. The Morgan fingerprint density at radius 1 is 1.14 bits per heavy atom. The van der Waals surface area contributed by atoms with Crippen LogP contribution in [0.3, 0.4) is 0 Å². The summed E-state index contributed by atoms with van der Waals surface area (Å²) in [5, 5.41) is 3.48. The Balaban J connectivity index is 2.22. The molecule has 0 saturated heterocycles. The second-order valence-electron chi connectivity index (χ2n) is 5.28. The predicted molar refractivity (Wildman–Crippen MR) is 82.9 cm³/mol. The minimum absolute atomic E-state index is 0.353. The summed E-state index contributed by atoms with van der Waals surface area (Å²) in [4.78, 5) is 0. The Hall–Kier alpha value is -1.00. The maximum absolute atomic E-state index is 12.0. The summed E-state index contributed by atoms with van der Waals surface area (Å²) in [6.45, 7) is 3.04. The molecule has 21 heavy (non-hydrogen) atoms. The largest absolute Gasteiger partial charge is 0.375 e. The van der Waals surface area contributed by atoms with Crippen molar-refractivity contribution in [3.63, 3.8) is 0 Å². The first kappa shape index (κ1) is 18.1. The molecule has 0 amide bonds. The fraction of sp³-hybridized carbons (Fsp3) is 0.647. The molecule has 4 heteroatoms. The van der Waals surface area contributed by atoms with E-state index in [2.05, 4.69) is 36.5 Å². The van der Waals surface area contributed by atoms with Crippen molar-refractivity contribution in [2.75, 3.05) is 19.8 Å². The number of ether oxygens (including phenoxy) is 1. The lowest BCUT2D eigenvalue weighted by molar-refractivity contribution is 0.0142. The SMILES string of the molecule is CCCNC(CCCc1ccccc1)CCOCC(F)F. The molecule has 1 aromatic rings. The summed E-state index contributed by atoms with van der Waals surface area (Å²) >= 11 is 0. The number of rotatable bonds is 12. The van der Waals surface area contributed by atoms with Crippen LogP contribution in [0.5, 0.6) is 0 Å². The standard InChI is InChI=1S/C17H27F2NO/c1-2-12-20-16(11-13-21-14-17(18)19)10-6-9-15-7-4-3-5-8-15/h3-5,7-8,16-17,20H,2,6,9-14H2,1H3. The van der Waals surface area contributed by atoms with Gasteiger partial charge < -0.3 is 10.1 Å². The molecule has 1 unspecified atom stereocenters. The minimum Gasteiger partial charge on any atom is -0.375 e. The Morgan fingerprint density at radius 3 is 2.57 bits per heavy atom. The predicted octanol–water partition coefficient (Wildman–Crippen LogP) is 4.05. The van der Waals surface area contributed by atoms with Gasteiger partial charge in [-0.2, -0.15) is 0 Å². The van der Waals surface area contributed by atoms with Crippen molar-refractivity contribution in [1.82, 2.24) is 5.32 Å². The number of alkyl halides is 2. The van der Waals surface area contributed by atoms with Gasteiger partial charge in [0, 0.05) is 12.6 Å². The second kappa shape index (κ2) is 11.6. The molecule has 1 aromatic carbocycles. The van der Waals surface area contributed by atoms with E-state index in [9.17, 15) is 8.78 Å². The zero-order chi connectivity index (χ0) is 15.3. The Morgan fingerprint density at radius 2 is 1.90 bits per heavy atom. The Labute approximate surface area is 126 Å². The molecule has 1 rings (SSSR count). The van der Waals surface area contributed by atoms with Crippen molar-refractivity contribution >= 4 is 0 Å². The van der Waals surface area contributed by atoms with E-state index in [1.54, 1.807) is 0 Å². The normalized spacial score (nSPS) is 12.8. The van der Waals surface area contributed by atoms with E-state index in [4.69, 9.17) is 4.74 Å². The molecular weight excluding hydrogens is 272 g/mol. The van der Waals surface area contributed by atoms with Crippen LogP contribution >= 0.6 is 0 Å². The summed E-state index contributed by atoms with van der Waals surface area (Å²) in [6, 6.07) is 10.8. The first-order valence-corrected chi connectivity index (χ1v) is 7.85. The third-order valence-electron chi connectivity index (χ3n) is 3.40. The molecule has 0 bridgehead atoms. The molecular formula is C17H27F2NO. The highest BCUT2D eigenvalue weighted by Gasteiger charge is 2.09. The average Bonchev–Trinajstić information content (AvgIpc) is 2.49. The molecule has 0 spiro atoms. The van der Waals surface area contributed by atoms with E-state index in [1.165, 1.54) is 5.56 Å². The van der Waals surface area contributed by atoms with Crippen LogP contribution in [0.2, 0.25) is 0 Å². The fourth-order valence-electron chi connectivity index (χ4n) is 2.29. The van der Waals surface area contributed by atoms with E-state index in [0.29, 0.717) is 12.6 Å². The van der Waals surface area contributed by atoms with Gasteiger partial charge in [-0.25, -0.2) is 8.78 Å². The minimum atomic E-state index is -2.37. The molecule has 0 heterocycles. The number of nitrogens with one attached hydrogen (secondary N) is 1. The first-order chi connectivity index (χ1) is 10.2. The van der Waals surface area contributed by atoms with Crippen molar-refractivity contribution in [1.29, 1.82) is 0 Å². The van der Waals surface area contributed by atoms with E-state index in [0.717, 1.165) is 38.6 Å². The zero-order valence-corrected chi connectivity index (χ0v) is 12.9. The molecule has 0 aliphatic rings. The lowest BCUT2D eigenvalue weighted by Crippen LogP contribution is -2.31. The van der Waals surface area contributed by atoms with Crippen LogP contribution in [-0.4, -0.2) is 32.2 Å². The highest BCUT2D eigenvalue weighted by molar-refractivity contribution is 5.14. The van der Waals surface area contributed by atoms with Crippen LogP contribution < -0.4 is 5.32 Å². The smallest absolute Gasteiger partial charge is 0.261 e. The van der Waals surface area contributed by atoms with E-state index >= 15 is 0 Å². The molecule has 0 saturated carbocycles. The van der Waals surface area contributed by atoms with Gasteiger partial charge in [0.1, 0.15) is 6.61 Å². The van der Waals surface area contributed by atoms with Crippen LogP contribution in [0.1, 0.15) is 38.2 Å². The average molecular weight is 299 g/mol. The number of aryl methyl sites for hydroxylation is 1. The maximum Gasteiger partial charge on any atom is 0.261 e. The summed E-state index contributed by atoms with van der Waals surface area (Å²) < 4.78 is 29.0. The van der Waals surface area contributed by atoms with Crippen molar-refractivity contribution in [2.24, 2.45) is 0 Å². The second-order valence-corrected chi connectivity index (χ2v) is 5.28. The quantitative estimate of drug-likeness (QED) is 0.588. The summed E-state index contributed by atoms with van der Waals surface area (Å²) in [7, 11) is 0. The van der Waals surface area contributed by atoms with Crippen molar-refractivity contribution < 1.29 is 13.5 Å². The van der Waals surface area contributed by atoms with Gasteiger partial charge in [-0.15, -0.1) is 0 Å². The lowest BCUT2D eigenvalue weighted by atomic mass is 10.0. The molecule has 120 valence electrons.